The van der Waals surface area contributed by atoms with E-state index in [1.807, 2.05) is 20.8 Å². The van der Waals surface area contributed by atoms with E-state index in [-0.39, 0.29) is 27.7 Å². The lowest BCUT2D eigenvalue weighted by atomic mass is 10.0. The molecule has 0 heterocycles. The van der Waals surface area contributed by atoms with Crippen LogP contribution in [0.25, 0.3) is 0 Å². The largest absolute Gasteiger partial charge is 0.449 e. The first-order valence-electron chi connectivity index (χ1n) is 6.75. The minimum absolute atomic E-state index is 0.144. The summed E-state index contributed by atoms with van der Waals surface area (Å²) >= 11 is 5.85. The van der Waals surface area contributed by atoms with Crippen LogP contribution in [0.3, 0.4) is 0 Å². The molecule has 0 saturated heterocycles. The molecule has 0 aliphatic carbocycles. The fourth-order valence-corrected chi connectivity index (χ4v) is 1.69. The molecule has 0 radical (unpaired) electrons. The Kier molecular flexibility index (Phi) is 5.61. The van der Waals surface area contributed by atoms with Crippen LogP contribution in [-0.4, -0.2) is 23.5 Å². The summed E-state index contributed by atoms with van der Waals surface area (Å²) in [6.07, 6.45) is -0.151. The van der Waals surface area contributed by atoms with E-state index in [0.717, 1.165) is 6.42 Å². The SMILES string of the molecule is CCC(C)(C)NC(=O)C(C)OC(=O)c1cccc(Cl)c1N. The molecule has 0 spiro atoms. The van der Waals surface area contributed by atoms with Gasteiger partial charge in [-0.25, -0.2) is 4.79 Å². The molecule has 1 aromatic rings. The molecule has 3 N–H and O–H groups in total. The van der Waals surface area contributed by atoms with Gasteiger partial charge in [-0.15, -0.1) is 0 Å². The first kappa shape index (κ1) is 17.3. The molecule has 116 valence electrons. The third kappa shape index (κ3) is 4.63. The number of amides is 1. The molecule has 0 aromatic heterocycles. The second-order valence-electron chi connectivity index (χ2n) is 5.48. The van der Waals surface area contributed by atoms with Crippen LogP contribution >= 0.6 is 11.6 Å². The van der Waals surface area contributed by atoms with Crippen LogP contribution in [-0.2, 0) is 9.53 Å². The number of benzene rings is 1. The van der Waals surface area contributed by atoms with Crippen molar-refractivity contribution >= 4 is 29.2 Å². The highest BCUT2D eigenvalue weighted by atomic mass is 35.5. The molecule has 0 aliphatic rings. The number of nitrogens with two attached hydrogens (primary N) is 1. The highest BCUT2D eigenvalue weighted by molar-refractivity contribution is 6.33. The Bertz CT molecular complexity index is 544. The van der Waals surface area contributed by atoms with Crippen molar-refractivity contribution in [3.63, 3.8) is 0 Å². The molecule has 0 saturated carbocycles. The average Bonchev–Trinajstić information content (AvgIpc) is 2.41. The molecule has 1 unspecified atom stereocenters. The number of nitrogens with one attached hydrogen (secondary N) is 1. The Morgan fingerprint density at radius 2 is 2.05 bits per heavy atom. The minimum Gasteiger partial charge on any atom is -0.449 e. The highest BCUT2D eigenvalue weighted by Gasteiger charge is 2.25. The summed E-state index contributed by atoms with van der Waals surface area (Å²) in [5.41, 5.74) is 5.67. The van der Waals surface area contributed by atoms with Crippen molar-refractivity contribution < 1.29 is 14.3 Å². The zero-order valence-corrected chi connectivity index (χ0v) is 13.5. The highest BCUT2D eigenvalue weighted by Crippen LogP contribution is 2.23. The molecule has 1 aromatic carbocycles. The van der Waals surface area contributed by atoms with E-state index >= 15 is 0 Å². The topological polar surface area (TPSA) is 81.4 Å². The van der Waals surface area contributed by atoms with E-state index in [1.54, 1.807) is 12.1 Å². The number of carbonyl (C=O) groups is 2. The lowest BCUT2D eigenvalue weighted by molar-refractivity contribution is -0.130. The van der Waals surface area contributed by atoms with Crippen LogP contribution in [0.15, 0.2) is 18.2 Å². The van der Waals surface area contributed by atoms with E-state index in [0.29, 0.717) is 0 Å². The van der Waals surface area contributed by atoms with Crippen LogP contribution in [0, 0.1) is 0 Å². The monoisotopic (exact) mass is 312 g/mol. The molecule has 6 heteroatoms. The lowest BCUT2D eigenvalue weighted by Crippen LogP contribution is -2.47. The maximum absolute atomic E-state index is 12.0. The zero-order chi connectivity index (χ0) is 16.2. The van der Waals surface area contributed by atoms with E-state index in [9.17, 15) is 9.59 Å². The number of hydrogen-bond acceptors (Lipinski definition) is 4. The van der Waals surface area contributed by atoms with E-state index in [1.165, 1.54) is 13.0 Å². The Hall–Kier alpha value is -1.75. The van der Waals surface area contributed by atoms with Gasteiger partial charge < -0.3 is 15.8 Å². The number of para-hydroxylation sites is 1. The van der Waals surface area contributed by atoms with Gasteiger partial charge in [0.15, 0.2) is 6.10 Å². The van der Waals surface area contributed by atoms with Gasteiger partial charge in [-0.05, 0) is 39.3 Å². The minimum atomic E-state index is -0.915. The van der Waals surface area contributed by atoms with Crippen LogP contribution in [0.1, 0.15) is 44.5 Å². The quantitative estimate of drug-likeness (QED) is 0.647. The second-order valence-corrected chi connectivity index (χ2v) is 5.88. The van der Waals surface area contributed by atoms with Gasteiger partial charge in [-0.2, -0.15) is 0 Å². The van der Waals surface area contributed by atoms with Gasteiger partial charge in [-0.1, -0.05) is 24.6 Å². The number of carbonyl (C=O) groups excluding carboxylic acids is 2. The number of esters is 1. The lowest BCUT2D eigenvalue weighted by Gasteiger charge is -2.26. The molecule has 0 bridgehead atoms. The summed E-state index contributed by atoms with van der Waals surface area (Å²) in [5, 5.41) is 3.09. The van der Waals surface area contributed by atoms with Crippen molar-refractivity contribution in [1.29, 1.82) is 0 Å². The van der Waals surface area contributed by atoms with Crippen molar-refractivity contribution in [3.8, 4) is 0 Å². The van der Waals surface area contributed by atoms with Crippen molar-refractivity contribution in [1.82, 2.24) is 5.32 Å². The van der Waals surface area contributed by atoms with Gasteiger partial charge >= 0.3 is 5.97 Å². The number of nitrogen functional groups attached to an aromatic ring is 1. The van der Waals surface area contributed by atoms with Crippen molar-refractivity contribution in [2.75, 3.05) is 5.73 Å². The standard InChI is InChI=1S/C15H21ClN2O3/c1-5-15(3,4)18-13(19)9(2)21-14(20)10-7-6-8-11(16)12(10)17/h6-9H,5,17H2,1-4H3,(H,18,19). The van der Waals surface area contributed by atoms with E-state index < -0.39 is 12.1 Å². The summed E-state index contributed by atoms with van der Waals surface area (Å²) < 4.78 is 5.13. The zero-order valence-electron chi connectivity index (χ0n) is 12.7. The number of rotatable bonds is 5. The molecule has 21 heavy (non-hydrogen) atoms. The number of anilines is 1. The van der Waals surface area contributed by atoms with E-state index in [2.05, 4.69) is 5.32 Å². The van der Waals surface area contributed by atoms with Crippen LogP contribution < -0.4 is 11.1 Å². The summed E-state index contributed by atoms with van der Waals surface area (Å²) in [7, 11) is 0. The summed E-state index contributed by atoms with van der Waals surface area (Å²) in [6, 6.07) is 4.68. The van der Waals surface area contributed by atoms with Crippen LogP contribution in [0.4, 0.5) is 5.69 Å². The Morgan fingerprint density at radius 1 is 1.43 bits per heavy atom. The van der Waals surface area contributed by atoms with Gasteiger partial charge in [0, 0.05) is 5.54 Å². The Balaban J connectivity index is 2.74. The third-order valence-corrected chi connectivity index (χ3v) is 3.60. The summed E-state index contributed by atoms with van der Waals surface area (Å²) in [6.45, 7) is 7.27. The second kappa shape index (κ2) is 6.80. The Labute approximate surface area is 129 Å². The molecule has 0 fully saturated rings. The van der Waals surface area contributed by atoms with Gasteiger partial charge in [0.2, 0.25) is 0 Å². The van der Waals surface area contributed by atoms with Crippen LogP contribution in [0.2, 0.25) is 5.02 Å². The summed E-state index contributed by atoms with van der Waals surface area (Å²) in [4.78, 5) is 24.0. The van der Waals surface area contributed by atoms with Gasteiger partial charge in [0.1, 0.15) is 0 Å². The molecule has 1 amide bonds. The molecule has 1 rings (SSSR count). The normalized spacial score (nSPS) is 12.6. The average molecular weight is 313 g/mol. The Morgan fingerprint density at radius 3 is 2.62 bits per heavy atom. The first-order valence-corrected chi connectivity index (χ1v) is 7.12. The number of hydrogen-bond donors (Lipinski definition) is 2. The third-order valence-electron chi connectivity index (χ3n) is 3.27. The van der Waals surface area contributed by atoms with Crippen molar-refractivity contribution in [3.05, 3.63) is 28.8 Å². The van der Waals surface area contributed by atoms with Gasteiger partial charge in [0.05, 0.1) is 16.3 Å². The fraction of sp³-hybridized carbons (Fsp3) is 0.467. The molecular formula is C15H21ClN2O3. The van der Waals surface area contributed by atoms with Gasteiger partial charge in [0.25, 0.3) is 5.91 Å². The maximum Gasteiger partial charge on any atom is 0.341 e. The fourth-order valence-electron chi connectivity index (χ4n) is 1.52. The van der Waals surface area contributed by atoms with Crippen molar-refractivity contribution in [2.24, 2.45) is 0 Å². The molecular weight excluding hydrogens is 292 g/mol. The molecule has 1 atom stereocenters. The number of halogens is 1. The molecule has 5 nitrogen and oxygen atoms in total. The first-order chi connectivity index (χ1) is 9.68. The number of ether oxygens (including phenoxy) is 1. The van der Waals surface area contributed by atoms with Crippen molar-refractivity contribution in [2.45, 2.75) is 45.8 Å². The van der Waals surface area contributed by atoms with Gasteiger partial charge in [-0.3, -0.25) is 4.79 Å². The predicted octanol–water partition coefficient (Wildman–Crippen LogP) is 2.77. The van der Waals surface area contributed by atoms with Crippen LogP contribution in [0.5, 0.6) is 0 Å². The molecule has 0 aliphatic heterocycles. The maximum atomic E-state index is 12.0. The summed E-state index contributed by atoms with van der Waals surface area (Å²) in [5.74, 6) is -1.03. The predicted molar refractivity (Wildman–Crippen MR) is 83.3 cm³/mol. The smallest absolute Gasteiger partial charge is 0.341 e. The van der Waals surface area contributed by atoms with E-state index in [4.69, 9.17) is 22.1 Å².